The number of benzene rings is 1. The third-order valence-corrected chi connectivity index (χ3v) is 4.07. The number of imidazole rings is 1. The summed E-state index contributed by atoms with van der Waals surface area (Å²) in [5, 5.41) is 10.0. The van der Waals surface area contributed by atoms with E-state index in [-0.39, 0.29) is 0 Å². The molecule has 0 aliphatic heterocycles. The van der Waals surface area contributed by atoms with Crippen molar-refractivity contribution >= 4 is 22.4 Å². The number of nitriles is 1. The van der Waals surface area contributed by atoms with Crippen LogP contribution in [0.2, 0.25) is 0 Å². The van der Waals surface area contributed by atoms with Crippen LogP contribution in [-0.2, 0) is 6.54 Å². The van der Waals surface area contributed by atoms with Crippen LogP contribution in [0.3, 0.4) is 0 Å². The summed E-state index contributed by atoms with van der Waals surface area (Å²) in [4.78, 5) is 10.1. The highest BCUT2D eigenvalue weighted by Crippen LogP contribution is 2.29. The Labute approximate surface area is 121 Å². The normalized spacial score (nSPS) is 10.8. The van der Waals surface area contributed by atoms with Crippen LogP contribution >= 0.6 is 11.3 Å². The largest absolute Gasteiger partial charge is 0.323 e. The molecule has 0 unspecified atom stereocenters. The number of hydrogen-bond acceptors (Lipinski definition) is 4. The molecule has 4 nitrogen and oxygen atoms in total. The molecule has 0 amide bonds. The van der Waals surface area contributed by atoms with Crippen molar-refractivity contribution in [3.8, 4) is 16.8 Å². The van der Waals surface area contributed by atoms with E-state index in [1.165, 1.54) is 0 Å². The zero-order valence-electron chi connectivity index (χ0n) is 11.4. The molecule has 2 aromatic heterocycles. The molecular weight excluding hydrogens is 268 g/mol. The van der Waals surface area contributed by atoms with Crippen LogP contribution in [0.15, 0.2) is 24.4 Å². The lowest BCUT2D eigenvalue weighted by molar-refractivity contribution is 0.705. The van der Waals surface area contributed by atoms with Crippen molar-refractivity contribution in [1.29, 1.82) is 5.26 Å². The van der Waals surface area contributed by atoms with Gasteiger partial charge in [-0.05, 0) is 31.5 Å². The summed E-state index contributed by atoms with van der Waals surface area (Å²) < 4.78 is 2.21. The number of rotatable bonds is 3. The third-order valence-electron chi connectivity index (χ3n) is 3.17. The van der Waals surface area contributed by atoms with Crippen molar-refractivity contribution in [2.24, 2.45) is 0 Å². The molecule has 3 aromatic rings. The molecule has 0 aliphatic carbocycles. The van der Waals surface area contributed by atoms with Gasteiger partial charge in [0.05, 0.1) is 32.6 Å². The molecule has 3 rings (SSSR count). The van der Waals surface area contributed by atoms with Crippen molar-refractivity contribution in [2.75, 3.05) is 0 Å². The van der Waals surface area contributed by atoms with Gasteiger partial charge in [-0.2, -0.15) is 5.26 Å². The molecule has 0 radical (unpaired) electrons. The second kappa shape index (κ2) is 5.06. The Kier molecular flexibility index (Phi) is 3.25. The minimum atomic E-state index is 0.644. The fraction of sp³-hybridized carbons (Fsp3) is 0.267. The standard InChI is InChI=1S/C15H14N4S/c1-3-6-19-13-5-4-11(8-16)7-12(13)18-15(19)14-9-17-10(2)20-14/h4-5,7,9H,3,6H2,1-2H3. The molecule has 0 bridgehead atoms. The van der Waals surface area contributed by atoms with Crippen LogP contribution in [0.25, 0.3) is 21.7 Å². The van der Waals surface area contributed by atoms with E-state index in [1.807, 2.05) is 31.3 Å². The second-order valence-electron chi connectivity index (χ2n) is 4.65. The van der Waals surface area contributed by atoms with Crippen LogP contribution in [-0.4, -0.2) is 14.5 Å². The molecule has 100 valence electrons. The smallest absolute Gasteiger partial charge is 0.152 e. The molecule has 0 spiro atoms. The van der Waals surface area contributed by atoms with E-state index in [0.29, 0.717) is 5.56 Å². The summed E-state index contributed by atoms with van der Waals surface area (Å²) in [6, 6.07) is 7.84. The van der Waals surface area contributed by atoms with E-state index in [2.05, 4.69) is 22.5 Å². The van der Waals surface area contributed by atoms with Gasteiger partial charge in [-0.25, -0.2) is 9.97 Å². The lowest BCUT2D eigenvalue weighted by Crippen LogP contribution is -1.98. The molecule has 0 saturated heterocycles. The third kappa shape index (κ3) is 2.08. The van der Waals surface area contributed by atoms with Gasteiger partial charge in [0, 0.05) is 12.7 Å². The average Bonchev–Trinajstić information content (AvgIpc) is 3.03. The Balaban J connectivity index is 2.25. The lowest BCUT2D eigenvalue weighted by Gasteiger charge is -2.05. The number of aromatic nitrogens is 3. The van der Waals surface area contributed by atoms with E-state index in [0.717, 1.165) is 39.7 Å². The van der Waals surface area contributed by atoms with Gasteiger partial charge in [-0.1, -0.05) is 6.92 Å². The minimum absolute atomic E-state index is 0.644. The predicted molar refractivity (Wildman–Crippen MR) is 80.6 cm³/mol. The predicted octanol–water partition coefficient (Wildman–Crippen LogP) is 3.75. The van der Waals surface area contributed by atoms with Crippen molar-refractivity contribution in [1.82, 2.24) is 14.5 Å². The Morgan fingerprint density at radius 3 is 2.90 bits per heavy atom. The first kappa shape index (κ1) is 12.8. The van der Waals surface area contributed by atoms with Crippen molar-refractivity contribution < 1.29 is 0 Å². The van der Waals surface area contributed by atoms with Gasteiger partial charge in [0.1, 0.15) is 0 Å². The monoisotopic (exact) mass is 282 g/mol. The number of nitrogens with zero attached hydrogens (tertiary/aromatic N) is 4. The van der Waals surface area contributed by atoms with Crippen LogP contribution in [0, 0.1) is 18.3 Å². The highest BCUT2D eigenvalue weighted by molar-refractivity contribution is 7.15. The molecule has 0 fully saturated rings. The summed E-state index contributed by atoms with van der Waals surface area (Å²) in [6.45, 7) is 5.06. The molecule has 0 aliphatic rings. The average molecular weight is 282 g/mol. The van der Waals surface area contributed by atoms with E-state index in [4.69, 9.17) is 10.2 Å². The van der Waals surface area contributed by atoms with Crippen LogP contribution in [0.5, 0.6) is 0 Å². The first-order chi connectivity index (χ1) is 9.72. The van der Waals surface area contributed by atoms with Crippen molar-refractivity contribution in [3.05, 3.63) is 35.0 Å². The number of aryl methyl sites for hydroxylation is 2. The number of hydrogen-bond donors (Lipinski definition) is 0. The van der Waals surface area contributed by atoms with Gasteiger partial charge < -0.3 is 4.57 Å². The van der Waals surface area contributed by atoms with E-state index in [9.17, 15) is 0 Å². The van der Waals surface area contributed by atoms with Gasteiger partial charge in [0.2, 0.25) is 0 Å². The highest BCUT2D eigenvalue weighted by atomic mass is 32.1. The summed E-state index contributed by atoms with van der Waals surface area (Å²) in [5.74, 6) is 0.947. The first-order valence-electron chi connectivity index (χ1n) is 6.56. The van der Waals surface area contributed by atoms with E-state index in [1.54, 1.807) is 11.3 Å². The van der Waals surface area contributed by atoms with Crippen LogP contribution in [0.1, 0.15) is 23.9 Å². The molecule has 1 aromatic carbocycles. The number of fused-ring (bicyclic) bond motifs is 1. The van der Waals surface area contributed by atoms with Gasteiger partial charge in [-0.15, -0.1) is 11.3 Å². The SMILES string of the molecule is CCCn1c(-c2cnc(C)s2)nc2cc(C#N)ccc21. The Morgan fingerprint density at radius 1 is 1.40 bits per heavy atom. The molecular formula is C15H14N4S. The van der Waals surface area contributed by atoms with Crippen molar-refractivity contribution in [2.45, 2.75) is 26.8 Å². The fourth-order valence-electron chi connectivity index (χ4n) is 2.30. The fourth-order valence-corrected chi connectivity index (χ4v) is 3.08. The Morgan fingerprint density at radius 2 is 2.25 bits per heavy atom. The maximum Gasteiger partial charge on any atom is 0.152 e. The zero-order chi connectivity index (χ0) is 14.1. The molecule has 5 heteroatoms. The van der Waals surface area contributed by atoms with Gasteiger partial charge in [0.15, 0.2) is 5.82 Å². The summed E-state index contributed by atoms with van der Waals surface area (Å²) in [5.41, 5.74) is 2.59. The van der Waals surface area contributed by atoms with Gasteiger partial charge in [-0.3, -0.25) is 0 Å². The molecule has 0 N–H and O–H groups in total. The summed E-state index contributed by atoms with van der Waals surface area (Å²) in [6.07, 6.45) is 2.91. The Bertz CT molecular complexity index is 807. The number of thiazole rings is 1. The Hall–Kier alpha value is -2.19. The topological polar surface area (TPSA) is 54.5 Å². The summed E-state index contributed by atoms with van der Waals surface area (Å²) in [7, 11) is 0. The first-order valence-corrected chi connectivity index (χ1v) is 7.37. The molecule has 0 saturated carbocycles. The second-order valence-corrected chi connectivity index (χ2v) is 5.88. The maximum absolute atomic E-state index is 9.00. The van der Waals surface area contributed by atoms with Gasteiger partial charge >= 0.3 is 0 Å². The van der Waals surface area contributed by atoms with Crippen molar-refractivity contribution in [3.63, 3.8) is 0 Å². The quantitative estimate of drug-likeness (QED) is 0.735. The molecule has 20 heavy (non-hydrogen) atoms. The van der Waals surface area contributed by atoms with Crippen LogP contribution < -0.4 is 0 Å². The minimum Gasteiger partial charge on any atom is -0.323 e. The maximum atomic E-state index is 9.00. The van der Waals surface area contributed by atoms with E-state index < -0.39 is 0 Å². The van der Waals surface area contributed by atoms with Gasteiger partial charge in [0.25, 0.3) is 0 Å². The molecule has 0 atom stereocenters. The zero-order valence-corrected chi connectivity index (χ0v) is 12.2. The molecule has 2 heterocycles. The summed E-state index contributed by atoms with van der Waals surface area (Å²) >= 11 is 1.65. The lowest BCUT2D eigenvalue weighted by atomic mass is 10.2. The highest BCUT2D eigenvalue weighted by Gasteiger charge is 2.14. The van der Waals surface area contributed by atoms with Crippen LogP contribution in [0.4, 0.5) is 0 Å². The van der Waals surface area contributed by atoms with E-state index >= 15 is 0 Å².